The lowest BCUT2D eigenvalue weighted by Crippen LogP contribution is -2.52. The van der Waals surface area contributed by atoms with Gasteiger partial charge in [0.2, 0.25) is 12.0 Å². The van der Waals surface area contributed by atoms with Crippen LogP contribution in [0, 0.1) is 0 Å². The van der Waals surface area contributed by atoms with Crippen molar-refractivity contribution >= 4 is 51.8 Å². The second-order valence-corrected chi connectivity index (χ2v) is 12.0. The molecule has 6 N–H and O–H groups in total. The maximum Gasteiger partial charge on any atom is 0.352 e. The number of nitrogens with zero attached hydrogens (tertiary/aromatic N) is 3. The SMILES string of the molecule is O=C(CNC(=O)C(Cc1cnc[nH]1)NC(=S)NCNc1ccc(O)cc1)OC1C(=O)OCc2c1cc1n(c2=O)Cc2cc3ccccc3nc2-1. The van der Waals surface area contributed by atoms with Crippen molar-refractivity contribution in [3.8, 4) is 17.1 Å². The number of anilines is 1. The standard InChI is InChI=1S/C34H30N8O7S/c43-22-7-5-20(6-8-22)38-17-39-34(50)41-26(10-21-12-35-16-37-21)31(45)36-13-28(44)49-30-23-11-27-29-19(9-18-3-1-2-4-25(18)40-29)14-42(27)32(46)24(23)15-48-33(30)47/h1-9,11-12,16,26,30,38,43H,10,13-15,17H2,(H,35,37)(H,36,45)(H2,39,41,50). The van der Waals surface area contributed by atoms with Crippen LogP contribution in [0.1, 0.15) is 28.5 Å². The van der Waals surface area contributed by atoms with Gasteiger partial charge in [0.1, 0.15) is 24.9 Å². The molecule has 5 aromatic rings. The molecule has 0 fully saturated rings. The van der Waals surface area contributed by atoms with Gasteiger partial charge in [-0.05, 0) is 54.7 Å². The largest absolute Gasteiger partial charge is 0.508 e. The van der Waals surface area contributed by atoms with E-state index in [-0.39, 0.29) is 47.2 Å². The van der Waals surface area contributed by atoms with E-state index < -0.39 is 36.5 Å². The van der Waals surface area contributed by atoms with E-state index in [1.165, 1.54) is 18.5 Å². The summed E-state index contributed by atoms with van der Waals surface area (Å²) < 4.78 is 12.3. The van der Waals surface area contributed by atoms with Gasteiger partial charge >= 0.3 is 11.9 Å². The van der Waals surface area contributed by atoms with Crippen molar-refractivity contribution in [1.29, 1.82) is 0 Å². The number of amides is 1. The molecule has 0 aliphatic carbocycles. The summed E-state index contributed by atoms with van der Waals surface area (Å²) >= 11 is 5.39. The van der Waals surface area contributed by atoms with Crippen LogP contribution in [-0.2, 0) is 43.4 Å². The van der Waals surface area contributed by atoms with Crippen LogP contribution in [0.2, 0.25) is 0 Å². The molecule has 5 heterocycles. The van der Waals surface area contributed by atoms with Gasteiger partial charge in [-0.1, -0.05) is 18.2 Å². The van der Waals surface area contributed by atoms with E-state index in [1.54, 1.807) is 29.0 Å². The lowest BCUT2D eigenvalue weighted by atomic mass is 10.00. The zero-order valence-corrected chi connectivity index (χ0v) is 27.1. The second kappa shape index (κ2) is 13.7. The number of hydrogen-bond acceptors (Lipinski definition) is 11. The summed E-state index contributed by atoms with van der Waals surface area (Å²) in [4.78, 5) is 64.5. The number of thiocarbonyl (C=S) groups is 1. The highest BCUT2D eigenvalue weighted by atomic mass is 32.1. The Labute approximate surface area is 289 Å². The number of phenolic OH excluding ortho intramolecular Hbond substituents is 1. The van der Waals surface area contributed by atoms with E-state index in [1.807, 2.05) is 30.3 Å². The molecule has 2 aliphatic heterocycles. The van der Waals surface area contributed by atoms with Crippen molar-refractivity contribution in [1.82, 2.24) is 35.5 Å². The molecule has 254 valence electrons. The summed E-state index contributed by atoms with van der Waals surface area (Å²) in [6.45, 7) is -0.322. The molecule has 2 unspecified atom stereocenters. The Bertz CT molecular complexity index is 2190. The highest BCUT2D eigenvalue weighted by Crippen LogP contribution is 2.36. The van der Waals surface area contributed by atoms with E-state index >= 15 is 0 Å². The number of aromatic hydroxyl groups is 1. The average molecular weight is 695 g/mol. The zero-order chi connectivity index (χ0) is 34.8. The van der Waals surface area contributed by atoms with Crippen molar-refractivity contribution in [2.24, 2.45) is 0 Å². The number of cyclic esters (lactones) is 1. The van der Waals surface area contributed by atoms with Gasteiger partial charge in [0.15, 0.2) is 5.11 Å². The first kappa shape index (κ1) is 32.3. The van der Waals surface area contributed by atoms with Crippen molar-refractivity contribution in [3.05, 3.63) is 106 Å². The number of aromatic amines is 1. The first-order valence-electron chi connectivity index (χ1n) is 15.6. The molecule has 50 heavy (non-hydrogen) atoms. The third kappa shape index (κ3) is 6.68. The first-order valence-corrected chi connectivity index (χ1v) is 16.0. The van der Waals surface area contributed by atoms with Gasteiger partial charge in [-0.2, -0.15) is 0 Å². The number of rotatable bonds is 10. The number of benzene rings is 2. The number of H-pyrrole nitrogens is 1. The van der Waals surface area contributed by atoms with Crippen LogP contribution >= 0.6 is 12.2 Å². The number of carbonyl (C=O) groups excluding carboxylic acids is 3. The quantitative estimate of drug-likeness (QED) is 0.0525. The minimum Gasteiger partial charge on any atom is -0.508 e. The Morgan fingerprint density at radius 3 is 2.74 bits per heavy atom. The summed E-state index contributed by atoms with van der Waals surface area (Å²) in [6, 6.07) is 16.8. The third-order valence-corrected chi connectivity index (χ3v) is 8.59. The number of hydrogen-bond donors (Lipinski definition) is 6. The molecule has 16 heteroatoms. The number of fused-ring (bicyclic) bond motifs is 5. The van der Waals surface area contributed by atoms with Crippen molar-refractivity contribution in [2.75, 3.05) is 18.5 Å². The van der Waals surface area contributed by atoms with Gasteiger partial charge in [0.05, 0.1) is 42.0 Å². The minimum atomic E-state index is -1.51. The molecule has 0 spiro atoms. The number of pyridine rings is 2. The number of esters is 2. The monoisotopic (exact) mass is 694 g/mol. The van der Waals surface area contributed by atoms with Gasteiger partial charge in [-0.15, -0.1) is 0 Å². The summed E-state index contributed by atoms with van der Waals surface area (Å²) in [6.07, 6.45) is 1.67. The molecule has 0 saturated carbocycles. The second-order valence-electron chi connectivity index (χ2n) is 11.6. The van der Waals surface area contributed by atoms with Crippen LogP contribution in [0.4, 0.5) is 5.69 Å². The van der Waals surface area contributed by atoms with E-state index in [0.717, 1.165) is 22.2 Å². The minimum absolute atomic E-state index is 0.136. The summed E-state index contributed by atoms with van der Waals surface area (Å²) in [5.74, 6) is -2.19. The number of aromatic nitrogens is 4. The molecule has 3 aromatic heterocycles. The topological polar surface area (TPSA) is 202 Å². The third-order valence-electron chi connectivity index (χ3n) is 8.33. The predicted octanol–water partition coefficient (Wildman–Crippen LogP) is 1.76. The summed E-state index contributed by atoms with van der Waals surface area (Å²) in [5, 5.41) is 22.0. The Hall–Kier alpha value is -6.29. The number of para-hydroxylation sites is 1. The molecule has 7 rings (SSSR count). The number of phenols is 1. The lowest BCUT2D eigenvalue weighted by molar-refractivity contribution is -0.171. The number of imidazole rings is 1. The molecular weight excluding hydrogens is 664 g/mol. The van der Waals surface area contributed by atoms with Crippen LogP contribution in [0.5, 0.6) is 5.75 Å². The average Bonchev–Trinajstić information content (AvgIpc) is 3.76. The van der Waals surface area contributed by atoms with Crippen LogP contribution in [-0.4, -0.2) is 66.8 Å². The normalized spacial score (nSPS) is 14.8. The fourth-order valence-corrected chi connectivity index (χ4v) is 6.08. The van der Waals surface area contributed by atoms with Gasteiger partial charge in [0, 0.05) is 40.5 Å². The molecule has 0 radical (unpaired) electrons. The number of ether oxygens (including phenoxy) is 2. The van der Waals surface area contributed by atoms with Crippen molar-refractivity contribution in [2.45, 2.75) is 31.7 Å². The smallest absolute Gasteiger partial charge is 0.352 e. The Kier molecular flexibility index (Phi) is 8.83. The molecule has 0 saturated heterocycles. The molecule has 15 nitrogen and oxygen atoms in total. The molecule has 1 amide bonds. The van der Waals surface area contributed by atoms with Gasteiger partial charge in [-0.3, -0.25) is 14.4 Å². The number of nitrogens with one attached hydrogen (secondary N) is 5. The first-order chi connectivity index (χ1) is 24.2. The van der Waals surface area contributed by atoms with E-state index in [0.29, 0.717) is 23.6 Å². The van der Waals surface area contributed by atoms with Crippen molar-refractivity contribution < 1.29 is 29.0 Å². The summed E-state index contributed by atoms with van der Waals surface area (Å²) in [5.41, 5.74) is 4.16. The Morgan fingerprint density at radius 1 is 1.12 bits per heavy atom. The Morgan fingerprint density at radius 2 is 1.94 bits per heavy atom. The molecule has 2 atom stereocenters. The van der Waals surface area contributed by atoms with E-state index in [9.17, 15) is 24.3 Å². The van der Waals surface area contributed by atoms with Crippen LogP contribution in [0.25, 0.3) is 22.3 Å². The Balaban J connectivity index is 1.02. The van der Waals surface area contributed by atoms with Gasteiger partial charge in [0.25, 0.3) is 5.56 Å². The molecule has 0 bridgehead atoms. The van der Waals surface area contributed by atoms with Gasteiger partial charge in [-0.25, -0.2) is 14.8 Å². The molecule has 2 aliphatic rings. The summed E-state index contributed by atoms with van der Waals surface area (Å²) in [7, 11) is 0. The maximum absolute atomic E-state index is 13.6. The molecular formula is C34H30N8O7S. The van der Waals surface area contributed by atoms with E-state index in [4.69, 9.17) is 26.7 Å². The zero-order valence-electron chi connectivity index (χ0n) is 26.3. The van der Waals surface area contributed by atoms with E-state index in [2.05, 4.69) is 31.2 Å². The maximum atomic E-state index is 13.6. The lowest BCUT2D eigenvalue weighted by Gasteiger charge is -2.25. The van der Waals surface area contributed by atoms with Gasteiger partial charge < -0.3 is 45.4 Å². The molecule has 2 aromatic carbocycles. The predicted molar refractivity (Wildman–Crippen MR) is 184 cm³/mol. The highest BCUT2D eigenvalue weighted by molar-refractivity contribution is 7.80. The van der Waals surface area contributed by atoms with Crippen molar-refractivity contribution in [3.63, 3.8) is 0 Å². The van der Waals surface area contributed by atoms with Crippen LogP contribution in [0.15, 0.2) is 78.0 Å². The number of carbonyl (C=O) groups is 3. The van der Waals surface area contributed by atoms with Crippen LogP contribution in [0.3, 0.4) is 0 Å². The fraction of sp³-hybridized carbons (Fsp3) is 0.206. The van der Waals surface area contributed by atoms with Crippen LogP contribution < -0.4 is 26.8 Å². The fourth-order valence-electron chi connectivity index (χ4n) is 5.87. The highest BCUT2D eigenvalue weighted by Gasteiger charge is 2.37.